The summed E-state index contributed by atoms with van der Waals surface area (Å²) >= 11 is 0. The Morgan fingerprint density at radius 1 is 1.43 bits per heavy atom. The van der Waals surface area contributed by atoms with Crippen LogP contribution in [0.4, 0.5) is 4.39 Å². The third-order valence-corrected chi connectivity index (χ3v) is 5.14. The number of halogens is 2. The highest BCUT2D eigenvalue weighted by Gasteiger charge is 2.28. The Balaban J connectivity index is 0.00000264. The van der Waals surface area contributed by atoms with Gasteiger partial charge in [0.05, 0.1) is 17.6 Å². The lowest BCUT2D eigenvalue weighted by Gasteiger charge is -2.28. The van der Waals surface area contributed by atoms with Gasteiger partial charge in [-0.3, -0.25) is 0 Å². The maximum Gasteiger partial charge on any atom is 0.339 e. The molecule has 0 radical (unpaired) electrons. The van der Waals surface area contributed by atoms with Gasteiger partial charge in [-0.15, -0.1) is 12.4 Å². The minimum absolute atomic E-state index is 0. The fourth-order valence-electron chi connectivity index (χ4n) is 2.52. The first kappa shape index (κ1) is 19.8. The number of hydrogen-bond acceptors (Lipinski definition) is 5. The normalized spacial score (nSPS) is 21.3. The van der Waals surface area contributed by atoms with Crippen LogP contribution in [0.5, 0.6) is 0 Å². The highest BCUT2D eigenvalue weighted by Crippen LogP contribution is 2.20. The van der Waals surface area contributed by atoms with Gasteiger partial charge in [0.25, 0.3) is 0 Å². The molecule has 0 aliphatic carbocycles. The van der Waals surface area contributed by atoms with Crippen molar-refractivity contribution in [3.63, 3.8) is 0 Å². The van der Waals surface area contributed by atoms with Gasteiger partial charge in [-0.25, -0.2) is 22.3 Å². The average molecular weight is 367 g/mol. The van der Waals surface area contributed by atoms with Crippen LogP contribution in [0.15, 0.2) is 23.1 Å². The zero-order chi connectivity index (χ0) is 16.3. The van der Waals surface area contributed by atoms with Crippen LogP contribution in [0.25, 0.3) is 0 Å². The van der Waals surface area contributed by atoms with Crippen molar-refractivity contribution >= 4 is 28.4 Å². The van der Waals surface area contributed by atoms with E-state index in [1.807, 2.05) is 6.92 Å². The maximum absolute atomic E-state index is 13.4. The molecule has 130 valence electrons. The summed E-state index contributed by atoms with van der Waals surface area (Å²) in [6, 6.07) is 2.90. The van der Waals surface area contributed by atoms with Gasteiger partial charge in [0.1, 0.15) is 5.82 Å². The summed E-state index contributed by atoms with van der Waals surface area (Å²) in [7, 11) is -2.87. The molecule has 0 saturated carbocycles. The molecule has 1 fully saturated rings. The molecule has 1 aliphatic heterocycles. The van der Waals surface area contributed by atoms with E-state index in [2.05, 4.69) is 14.8 Å². The van der Waals surface area contributed by atoms with E-state index in [-0.39, 0.29) is 30.1 Å². The molecule has 2 rings (SSSR count). The van der Waals surface area contributed by atoms with Crippen LogP contribution in [0.3, 0.4) is 0 Å². The first-order valence-corrected chi connectivity index (χ1v) is 8.45. The Bertz CT molecular complexity index is 669. The molecule has 6 nitrogen and oxygen atoms in total. The number of esters is 1. The molecule has 0 spiro atoms. The molecule has 2 N–H and O–H groups in total. The third-order valence-electron chi connectivity index (χ3n) is 3.58. The minimum atomic E-state index is -4.01. The van der Waals surface area contributed by atoms with Gasteiger partial charge < -0.3 is 10.1 Å². The maximum atomic E-state index is 13.4. The Labute approximate surface area is 141 Å². The van der Waals surface area contributed by atoms with E-state index in [4.69, 9.17) is 0 Å². The predicted molar refractivity (Wildman–Crippen MR) is 85.8 cm³/mol. The summed E-state index contributed by atoms with van der Waals surface area (Å²) in [6.45, 7) is 2.66. The Morgan fingerprint density at radius 3 is 2.74 bits per heavy atom. The van der Waals surface area contributed by atoms with E-state index in [9.17, 15) is 17.6 Å². The van der Waals surface area contributed by atoms with Crippen molar-refractivity contribution in [2.24, 2.45) is 0 Å². The highest BCUT2D eigenvalue weighted by molar-refractivity contribution is 7.89. The molecule has 1 saturated heterocycles. The van der Waals surface area contributed by atoms with E-state index >= 15 is 0 Å². The van der Waals surface area contributed by atoms with Gasteiger partial charge in [0, 0.05) is 12.1 Å². The average Bonchev–Trinajstić information content (AvgIpc) is 2.46. The first-order valence-electron chi connectivity index (χ1n) is 6.97. The van der Waals surface area contributed by atoms with E-state index in [1.165, 1.54) is 0 Å². The van der Waals surface area contributed by atoms with Crippen LogP contribution in [0, 0.1) is 5.82 Å². The topological polar surface area (TPSA) is 84.5 Å². The number of sulfonamides is 1. The Hall–Kier alpha value is -1.22. The van der Waals surface area contributed by atoms with E-state index < -0.39 is 26.7 Å². The van der Waals surface area contributed by atoms with Crippen molar-refractivity contribution in [2.45, 2.75) is 36.7 Å². The van der Waals surface area contributed by atoms with E-state index in [1.54, 1.807) is 0 Å². The summed E-state index contributed by atoms with van der Waals surface area (Å²) in [5, 5.41) is 3.22. The number of piperidine rings is 1. The minimum Gasteiger partial charge on any atom is -0.465 e. The van der Waals surface area contributed by atoms with Crippen molar-refractivity contribution in [1.29, 1.82) is 0 Å². The molecule has 0 amide bonds. The summed E-state index contributed by atoms with van der Waals surface area (Å²) in [4.78, 5) is 11.3. The lowest BCUT2D eigenvalue weighted by atomic mass is 10.0. The number of nitrogens with one attached hydrogen (secondary N) is 2. The van der Waals surface area contributed by atoms with E-state index in [0.29, 0.717) is 19.4 Å². The summed E-state index contributed by atoms with van der Waals surface area (Å²) in [5.41, 5.74) is -0.182. The number of hydrogen-bond donors (Lipinski definition) is 2. The standard InChI is InChI=1S/C14H19FN2O4S.ClH/c1-9-7-11(5-6-16-9)17-22(19,20)13-8-10(15)3-4-12(13)14(18)21-2;/h3-4,8-9,11,16-17H,5-7H2,1-2H3;1H. The van der Waals surface area contributed by atoms with Crippen LogP contribution in [0.1, 0.15) is 30.1 Å². The van der Waals surface area contributed by atoms with Gasteiger partial charge in [0.2, 0.25) is 10.0 Å². The highest BCUT2D eigenvalue weighted by atomic mass is 35.5. The van der Waals surface area contributed by atoms with Crippen LogP contribution < -0.4 is 10.0 Å². The first-order chi connectivity index (χ1) is 10.3. The van der Waals surface area contributed by atoms with Gasteiger partial charge in [-0.1, -0.05) is 0 Å². The number of rotatable bonds is 4. The number of benzene rings is 1. The smallest absolute Gasteiger partial charge is 0.339 e. The molecule has 0 bridgehead atoms. The molecule has 2 unspecified atom stereocenters. The van der Waals surface area contributed by atoms with Gasteiger partial charge >= 0.3 is 5.97 Å². The molecule has 23 heavy (non-hydrogen) atoms. The molecule has 0 aromatic heterocycles. The van der Waals surface area contributed by atoms with Crippen molar-refractivity contribution in [3.05, 3.63) is 29.6 Å². The number of carbonyl (C=O) groups excluding carboxylic acids is 1. The summed E-state index contributed by atoms with van der Waals surface area (Å²) in [5.74, 6) is -1.55. The number of ether oxygens (including phenoxy) is 1. The fourth-order valence-corrected chi connectivity index (χ4v) is 4.01. The third kappa shape index (κ3) is 4.87. The SMILES string of the molecule is COC(=O)c1ccc(F)cc1S(=O)(=O)NC1CCNC(C)C1.Cl. The Kier molecular flexibility index (Phi) is 6.94. The molecule has 2 atom stereocenters. The molecule has 1 aliphatic rings. The molecular formula is C14H20ClFN2O4S. The van der Waals surface area contributed by atoms with Crippen molar-refractivity contribution in [1.82, 2.24) is 10.0 Å². The van der Waals surface area contributed by atoms with Crippen molar-refractivity contribution < 1.29 is 22.3 Å². The molecule has 1 aromatic carbocycles. The number of carbonyl (C=O) groups is 1. The van der Waals surface area contributed by atoms with Gasteiger partial charge in [-0.05, 0) is 44.5 Å². The van der Waals surface area contributed by atoms with Crippen molar-refractivity contribution in [3.8, 4) is 0 Å². The molecule has 1 heterocycles. The zero-order valence-corrected chi connectivity index (χ0v) is 14.5. The molecule has 9 heteroatoms. The van der Waals surface area contributed by atoms with Crippen molar-refractivity contribution in [2.75, 3.05) is 13.7 Å². The number of methoxy groups -OCH3 is 1. The second kappa shape index (κ2) is 8.05. The second-order valence-corrected chi connectivity index (χ2v) is 7.01. The van der Waals surface area contributed by atoms with E-state index in [0.717, 1.165) is 25.3 Å². The zero-order valence-electron chi connectivity index (χ0n) is 12.8. The predicted octanol–water partition coefficient (Wildman–Crippen LogP) is 1.45. The monoisotopic (exact) mass is 366 g/mol. The lowest BCUT2D eigenvalue weighted by molar-refractivity contribution is 0.0596. The molecular weight excluding hydrogens is 347 g/mol. The summed E-state index contributed by atoms with van der Waals surface area (Å²) in [6.07, 6.45) is 1.26. The largest absolute Gasteiger partial charge is 0.465 e. The fraction of sp³-hybridized carbons (Fsp3) is 0.500. The second-order valence-electron chi connectivity index (χ2n) is 5.33. The van der Waals surface area contributed by atoms with Crippen LogP contribution in [-0.2, 0) is 14.8 Å². The Morgan fingerprint density at radius 2 is 2.13 bits per heavy atom. The van der Waals surface area contributed by atoms with Crippen LogP contribution >= 0.6 is 12.4 Å². The molecule has 1 aromatic rings. The van der Waals surface area contributed by atoms with Crippen LogP contribution in [0.2, 0.25) is 0 Å². The lowest BCUT2D eigenvalue weighted by Crippen LogP contribution is -2.46. The van der Waals surface area contributed by atoms with Gasteiger partial charge in [-0.2, -0.15) is 0 Å². The quantitative estimate of drug-likeness (QED) is 0.788. The van der Waals surface area contributed by atoms with Crippen LogP contribution in [-0.4, -0.2) is 40.1 Å². The van der Waals surface area contributed by atoms with Gasteiger partial charge in [0.15, 0.2) is 0 Å². The summed E-state index contributed by atoms with van der Waals surface area (Å²) < 4.78 is 45.5.